The number of hydrogen-bond donors (Lipinski definition) is 2. The van der Waals surface area contributed by atoms with Crippen molar-refractivity contribution in [2.45, 2.75) is 33.2 Å². The number of likely N-dealkylation sites (tertiary alicyclic amines) is 1. The Morgan fingerprint density at radius 3 is 2.46 bits per heavy atom. The van der Waals surface area contributed by atoms with Crippen molar-refractivity contribution in [1.29, 1.82) is 0 Å². The van der Waals surface area contributed by atoms with E-state index in [-0.39, 0.29) is 23.1 Å². The van der Waals surface area contributed by atoms with E-state index in [9.17, 15) is 14.0 Å². The molecular weight excluding hydrogens is 309 g/mol. The van der Waals surface area contributed by atoms with E-state index in [1.165, 1.54) is 24.3 Å². The summed E-state index contributed by atoms with van der Waals surface area (Å²) in [5.74, 6) is -0.909. The van der Waals surface area contributed by atoms with Gasteiger partial charge in [-0.2, -0.15) is 0 Å². The summed E-state index contributed by atoms with van der Waals surface area (Å²) in [4.78, 5) is 27.0. The fourth-order valence-corrected chi connectivity index (χ4v) is 2.91. The summed E-state index contributed by atoms with van der Waals surface area (Å²) in [5.41, 5.74) is 6.08. The van der Waals surface area contributed by atoms with E-state index < -0.39 is 11.9 Å². The second kappa shape index (κ2) is 7.30. The Kier molecular flexibility index (Phi) is 5.59. The van der Waals surface area contributed by atoms with Crippen molar-refractivity contribution in [3.63, 3.8) is 0 Å². The summed E-state index contributed by atoms with van der Waals surface area (Å²) in [6.07, 6.45) is 0.867. The summed E-state index contributed by atoms with van der Waals surface area (Å²) in [7, 11) is 0. The van der Waals surface area contributed by atoms with Gasteiger partial charge in [-0.15, -0.1) is 0 Å². The Morgan fingerprint density at radius 1 is 1.33 bits per heavy atom. The Hall–Kier alpha value is -1.95. The zero-order chi connectivity index (χ0) is 17.9. The quantitative estimate of drug-likeness (QED) is 0.861. The Labute approximate surface area is 142 Å². The minimum atomic E-state index is -0.609. The van der Waals surface area contributed by atoms with Gasteiger partial charge in [0.1, 0.15) is 11.9 Å². The van der Waals surface area contributed by atoms with Gasteiger partial charge in [0.25, 0.3) is 5.91 Å². The van der Waals surface area contributed by atoms with Gasteiger partial charge >= 0.3 is 0 Å². The SMILES string of the molecule is CC(C)C(NC(=O)c1ccc(F)cc1)C(=O)N1CCC(C)(CN)C1. The number of nitrogens with zero attached hydrogens (tertiary/aromatic N) is 1. The standard InChI is InChI=1S/C18H26FN3O2/c1-12(2)15(17(24)22-9-8-18(3,10-20)11-22)21-16(23)13-4-6-14(19)7-5-13/h4-7,12,15H,8-11,20H2,1-3H3,(H,21,23). The molecule has 0 radical (unpaired) electrons. The lowest BCUT2D eigenvalue weighted by Crippen LogP contribution is -2.51. The molecule has 0 spiro atoms. The van der Waals surface area contributed by atoms with Crippen LogP contribution in [0.5, 0.6) is 0 Å². The second-order valence-corrected chi connectivity index (χ2v) is 7.23. The van der Waals surface area contributed by atoms with Gasteiger partial charge in [0, 0.05) is 18.7 Å². The molecule has 2 amide bonds. The van der Waals surface area contributed by atoms with E-state index in [0.717, 1.165) is 6.42 Å². The highest BCUT2D eigenvalue weighted by Gasteiger charge is 2.38. The number of nitrogens with one attached hydrogen (secondary N) is 1. The topological polar surface area (TPSA) is 75.4 Å². The maximum Gasteiger partial charge on any atom is 0.251 e. The molecule has 0 aliphatic carbocycles. The van der Waals surface area contributed by atoms with E-state index in [4.69, 9.17) is 5.73 Å². The highest BCUT2D eigenvalue weighted by atomic mass is 19.1. The van der Waals surface area contributed by atoms with Crippen molar-refractivity contribution in [2.75, 3.05) is 19.6 Å². The first-order valence-corrected chi connectivity index (χ1v) is 8.31. The van der Waals surface area contributed by atoms with Gasteiger partial charge in [-0.3, -0.25) is 9.59 Å². The molecule has 2 atom stereocenters. The first-order valence-electron chi connectivity index (χ1n) is 8.31. The molecule has 1 fully saturated rings. The zero-order valence-electron chi connectivity index (χ0n) is 14.5. The fraction of sp³-hybridized carbons (Fsp3) is 0.556. The molecule has 5 nitrogen and oxygen atoms in total. The van der Waals surface area contributed by atoms with Gasteiger partial charge in [-0.1, -0.05) is 20.8 Å². The lowest BCUT2D eigenvalue weighted by Gasteiger charge is -2.28. The Balaban J connectivity index is 2.08. The Bertz CT molecular complexity index is 603. The van der Waals surface area contributed by atoms with Crippen LogP contribution in [0.1, 0.15) is 37.6 Å². The number of benzene rings is 1. The van der Waals surface area contributed by atoms with E-state index in [0.29, 0.717) is 25.2 Å². The number of carbonyl (C=O) groups excluding carboxylic acids is 2. The number of hydrogen-bond acceptors (Lipinski definition) is 3. The molecule has 0 saturated carbocycles. The first-order chi connectivity index (χ1) is 11.3. The molecule has 6 heteroatoms. The largest absolute Gasteiger partial charge is 0.340 e. The first kappa shape index (κ1) is 18.4. The number of rotatable bonds is 5. The Morgan fingerprint density at radius 2 is 1.96 bits per heavy atom. The lowest BCUT2D eigenvalue weighted by atomic mass is 9.90. The van der Waals surface area contributed by atoms with Crippen LogP contribution >= 0.6 is 0 Å². The van der Waals surface area contributed by atoms with Crippen LogP contribution in [-0.4, -0.2) is 42.4 Å². The molecule has 2 unspecified atom stereocenters. The third-order valence-electron chi connectivity index (χ3n) is 4.69. The minimum Gasteiger partial charge on any atom is -0.340 e. The van der Waals surface area contributed by atoms with Gasteiger partial charge in [0.2, 0.25) is 5.91 Å². The molecule has 24 heavy (non-hydrogen) atoms. The second-order valence-electron chi connectivity index (χ2n) is 7.23. The van der Waals surface area contributed by atoms with Crippen LogP contribution in [-0.2, 0) is 4.79 Å². The minimum absolute atomic E-state index is 0.0494. The third-order valence-corrected chi connectivity index (χ3v) is 4.69. The third kappa shape index (κ3) is 4.12. The molecule has 132 valence electrons. The van der Waals surface area contributed by atoms with E-state index in [2.05, 4.69) is 12.2 Å². The molecule has 3 N–H and O–H groups in total. The van der Waals surface area contributed by atoms with Crippen molar-refractivity contribution >= 4 is 11.8 Å². The molecule has 1 aliphatic rings. The summed E-state index contributed by atoms with van der Waals surface area (Å²) >= 11 is 0. The van der Waals surface area contributed by atoms with Crippen LogP contribution in [0.15, 0.2) is 24.3 Å². The predicted octanol–water partition coefficient (Wildman–Crippen LogP) is 1.78. The normalized spacial score (nSPS) is 21.8. The molecule has 1 heterocycles. The predicted molar refractivity (Wildman–Crippen MR) is 90.9 cm³/mol. The molecular formula is C18H26FN3O2. The average molecular weight is 335 g/mol. The van der Waals surface area contributed by atoms with Gasteiger partial charge in [-0.25, -0.2) is 4.39 Å². The summed E-state index contributed by atoms with van der Waals surface area (Å²) in [5, 5.41) is 2.79. The molecule has 1 aromatic carbocycles. The highest BCUT2D eigenvalue weighted by Crippen LogP contribution is 2.29. The molecule has 0 bridgehead atoms. The van der Waals surface area contributed by atoms with Gasteiger partial charge in [-0.05, 0) is 48.6 Å². The molecule has 2 rings (SSSR count). The molecule has 1 aliphatic heterocycles. The van der Waals surface area contributed by atoms with E-state index >= 15 is 0 Å². The van der Waals surface area contributed by atoms with Gasteiger partial charge in [0.15, 0.2) is 0 Å². The molecule has 1 saturated heterocycles. The number of halogens is 1. The van der Waals surface area contributed by atoms with Crippen molar-refractivity contribution in [2.24, 2.45) is 17.1 Å². The average Bonchev–Trinajstić information content (AvgIpc) is 2.95. The van der Waals surface area contributed by atoms with Crippen molar-refractivity contribution in [1.82, 2.24) is 10.2 Å². The number of carbonyl (C=O) groups is 2. The van der Waals surface area contributed by atoms with Crippen LogP contribution in [0.2, 0.25) is 0 Å². The number of amides is 2. The van der Waals surface area contributed by atoms with Crippen LogP contribution in [0, 0.1) is 17.2 Å². The summed E-state index contributed by atoms with van der Waals surface area (Å²) in [6, 6.07) is 4.67. The zero-order valence-corrected chi connectivity index (χ0v) is 14.5. The smallest absolute Gasteiger partial charge is 0.251 e. The van der Waals surface area contributed by atoms with Crippen molar-refractivity contribution in [3.05, 3.63) is 35.6 Å². The van der Waals surface area contributed by atoms with Crippen LogP contribution < -0.4 is 11.1 Å². The highest BCUT2D eigenvalue weighted by molar-refractivity contribution is 5.97. The maximum absolute atomic E-state index is 13.0. The fourth-order valence-electron chi connectivity index (χ4n) is 2.91. The van der Waals surface area contributed by atoms with Crippen LogP contribution in [0.4, 0.5) is 4.39 Å². The van der Waals surface area contributed by atoms with Crippen molar-refractivity contribution < 1.29 is 14.0 Å². The van der Waals surface area contributed by atoms with Gasteiger partial charge in [0.05, 0.1) is 0 Å². The molecule has 1 aromatic rings. The summed E-state index contributed by atoms with van der Waals surface area (Å²) < 4.78 is 13.0. The van der Waals surface area contributed by atoms with Crippen molar-refractivity contribution in [3.8, 4) is 0 Å². The van der Waals surface area contributed by atoms with Crippen LogP contribution in [0.3, 0.4) is 0 Å². The summed E-state index contributed by atoms with van der Waals surface area (Å²) in [6.45, 7) is 7.66. The van der Waals surface area contributed by atoms with E-state index in [1.807, 2.05) is 13.8 Å². The monoisotopic (exact) mass is 335 g/mol. The van der Waals surface area contributed by atoms with E-state index in [1.54, 1.807) is 4.90 Å². The maximum atomic E-state index is 13.0. The lowest BCUT2D eigenvalue weighted by molar-refractivity contribution is -0.133. The number of nitrogens with two attached hydrogens (primary N) is 1. The van der Waals surface area contributed by atoms with Gasteiger partial charge < -0.3 is 16.0 Å². The molecule has 0 aromatic heterocycles. The van der Waals surface area contributed by atoms with Crippen LogP contribution in [0.25, 0.3) is 0 Å².